The highest BCUT2D eigenvalue weighted by molar-refractivity contribution is 5.89. The van der Waals surface area contributed by atoms with E-state index in [-0.39, 0.29) is 5.56 Å². The topological polar surface area (TPSA) is 62.5 Å². The number of halogens is 1. The van der Waals surface area contributed by atoms with Gasteiger partial charge in [0.05, 0.1) is 18.4 Å². The minimum atomic E-state index is -1.29. The zero-order chi connectivity index (χ0) is 13.1. The smallest absolute Gasteiger partial charge is 0.338 e. The van der Waals surface area contributed by atoms with Gasteiger partial charge in [0, 0.05) is 5.69 Å². The van der Waals surface area contributed by atoms with Crippen LogP contribution in [0, 0.1) is 12.7 Å². The number of nitrogens with one attached hydrogen (secondary N) is 1. The highest BCUT2D eigenvalue weighted by atomic mass is 19.1. The molecule has 0 unspecified atom stereocenters. The minimum absolute atomic E-state index is 0.351. The zero-order valence-electron chi connectivity index (χ0n) is 9.74. The van der Waals surface area contributed by atoms with Crippen LogP contribution >= 0.6 is 0 Å². The average molecular weight is 249 g/mol. The lowest BCUT2D eigenvalue weighted by Crippen LogP contribution is -2.04. The maximum Gasteiger partial charge on any atom is 0.338 e. The molecular weight excluding hydrogens is 237 g/mol. The van der Waals surface area contributed by atoms with Crippen molar-refractivity contribution in [2.45, 2.75) is 13.5 Å². The summed E-state index contributed by atoms with van der Waals surface area (Å²) in [7, 11) is 0. The lowest BCUT2D eigenvalue weighted by molar-refractivity contribution is 0.0692. The Hall–Kier alpha value is -2.30. The summed E-state index contributed by atoms with van der Waals surface area (Å²) in [5, 5.41) is 11.8. The first-order valence-electron chi connectivity index (χ1n) is 5.37. The highest BCUT2D eigenvalue weighted by Crippen LogP contribution is 2.17. The van der Waals surface area contributed by atoms with Crippen molar-refractivity contribution in [2.75, 3.05) is 5.32 Å². The van der Waals surface area contributed by atoms with Gasteiger partial charge in [-0.2, -0.15) is 0 Å². The Labute approximate surface area is 103 Å². The minimum Gasteiger partial charge on any atom is -0.478 e. The average Bonchev–Trinajstić information content (AvgIpc) is 2.73. The Morgan fingerprint density at radius 1 is 1.44 bits per heavy atom. The zero-order valence-corrected chi connectivity index (χ0v) is 9.74. The molecule has 0 saturated heterocycles. The van der Waals surface area contributed by atoms with Crippen LogP contribution < -0.4 is 5.32 Å². The van der Waals surface area contributed by atoms with Crippen LogP contribution in [-0.2, 0) is 6.54 Å². The summed E-state index contributed by atoms with van der Waals surface area (Å²) in [5.41, 5.74) is 1.18. The molecule has 2 aromatic rings. The Morgan fingerprint density at radius 2 is 2.22 bits per heavy atom. The van der Waals surface area contributed by atoms with Crippen LogP contribution in [0.25, 0.3) is 0 Å². The summed E-state index contributed by atoms with van der Waals surface area (Å²) in [6.45, 7) is 2.33. The largest absolute Gasteiger partial charge is 0.478 e. The number of anilines is 1. The van der Waals surface area contributed by atoms with Gasteiger partial charge in [-0.1, -0.05) is 0 Å². The van der Waals surface area contributed by atoms with E-state index >= 15 is 0 Å². The molecule has 0 bridgehead atoms. The lowest BCUT2D eigenvalue weighted by atomic mass is 10.2. The van der Waals surface area contributed by atoms with E-state index in [9.17, 15) is 9.18 Å². The second kappa shape index (κ2) is 4.91. The highest BCUT2D eigenvalue weighted by Gasteiger charge is 2.11. The predicted molar refractivity (Wildman–Crippen MR) is 64.1 cm³/mol. The number of hydrogen-bond acceptors (Lipinski definition) is 3. The number of carbonyl (C=O) groups is 1. The van der Waals surface area contributed by atoms with Crippen molar-refractivity contribution in [3.63, 3.8) is 0 Å². The van der Waals surface area contributed by atoms with E-state index in [0.29, 0.717) is 12.2 Å². The third-order valence-electron chi connectivity index (χ3n) is 2.62. The summed E-state index contributed by atoms with van der Waals surface area (Å²) in [5.74, 6) is -1.27. The van der Waals surface area contributed by atoms with Crippen molar-refractivity contribution < 1.29 is 18.7 Å². The molecule has 1 heterocycles. The summed E-state index contributed by atoms with van der Waals surface area (Å²) >= 11 is 0. The van der Waals surface area contributed by atoms with E-state index in [1.165, 1.54) is 12.1 Å². The Morgan fingerprint density at radius 3 is 2.83 bits per heavy atom. The fourth-order valence-electron chi connectivity index (χ4n) is 1.57. The van der Waals surface area contributed by atoms with Crippen LogP contribution in [0.5, 0.6) is 0 Å². The number of carboxylic acids is 1. The van der Waals surface area contributed by atoms with Crippen molar-refractivity contribution >= 4 is 11.7 Å². The SMILES string of the molecule is Cc1ccoc1CNc1ccc(F)c(C(=O)O)c1. The van der Waals surface area contributed by atoms with Gasteiger partial charge in [-0.15, -0.1) is 0 Å². The third-order valence-corrected chi connectivity index (χ3v) is 2.62. The maximum absolute atomic E-state index is 13.2. The van der Waals surface area contributed by atoms with Gasteiger partial charge in [0.1, 0.15) is 11.6 Å². The fraction of sp³-hybridized carbons (Fsp3) is 0.154. The number of hydrogen-bond donors (Lipinski definition) is 2. The van der Waals surface area contributed by atoms with E-state index in [4.69, 9.17) is 9.52 Å². The van der Waals surface area contributed by atoms with Crippen LogP contribution in [-0.4, -0.2) is 11.1 Å². The molecule has 2 rings (SSSR count). The molecular formula is C13H12FNO3. The van der Waals surface area contributed by atoms with Crippen molar-refractivity contribution in [3.8, 4) is 0 Å². The van der Waals surface area contributed by atoms with Crippen LogP contribution in [0.3, 0.4) is 0 Å². The molecule has 4 nitrogen and oxygen atoms in total. The van der Waals surface area contributed by atoms with Crippen molar-refractivity contribution in [2.24, 2.45) is 0 Å². The Bertz CT molecular complexity index is 577. The van der Waals surface area contributed by atoms with Crippen LogP contribution in [0.1, 0.15) is 21.7 Å². The van der Waals surface area contributed by atoms with Gasteiger partial charge in [-0.25, -0.2) is 9.18 Å². The first kappa shape index (κ1) is 12.2. The molecule has 0 aliphatic rings. The second-order valence-electron chi connectivity index (χ2n) is 3.88. The van der Waals surface area contributed by atoms with E-state index in [1.54, 1.807) is 6.26 Å². The molecule has 0 fully saturated rings. The summed E-state index contributed by atoms with van der Waals surface area (Å²) in [4.78, 5) is 10.8. The lowest BCUT2D eigenvalue weighted by Gasteiger charge is -2.06. The van der Waals surface area contributed by atoms with E-state index in [2.05, 4.69) is 5.32 Å². The first-order chi connectivity index (χ1) is 8.58. The molecule has 5 heteroatoms. The van der Waals surface area contributed by atoms with Gasteiger partial charge in [0.2, 0.25) is 0 Å². The third kappa shape index (κ3) is 2.51. The molecule has 0 spiro atoms. The van der Waals surface area contributed by atoms with Crippen molar-refractivity contribution in [1.82, 2.24) is 0 Å². The Balaban J connectivity index is 2.13. The number of benzene rings is 1. The van der Waals surface area contributed by atoms with Crippen LogP contribution in [0.15, 0.2) is 34.9 Å². The quantitative estimate of drug-likeness (QED) is 0.874. The molecule has 18 heavy (non-hydrogen) atoms. The molecule has 0 saturated carbocycles. The summed E-state index contributed by atoms with van der Waals surface area (Å²) in [6.07, 6.45) is 1.58. The molecule has 2 N–H and O–H groups in total. The summed E-state index contributed by atoms with van der Waals surface area (Å²) in [6, 6.07) is 5.71. The predicted octanol–water partition coefficient (Wildman–Crippen LogP) is 3.04. The second-order valence-corrected chi connectivity index (χ2v) is 3.88. The van der Waals surface area contributed by atoms with Crippen molar-refractivity contribution in [1.29, 1.82) is 0 Å². The molecule has 0 aliphatic heterocycles. The van der Waals surface area contributed by atoms with Gasteiger partial charge in [-0.05, 0) is 36.8 Å². The molecule has 0 amide bonds. The van der Waals surface area contributed by atoms with E-state index < -0.39 is 11.8 Å². The molecule has 94 valence electrons. The van der Waals surface area contributed by atoms with E-state index in [0.717, 1.165) is 17.4 Å². The van der Waals surface area contributed by atoms with E-state index in [1.807, 2.05) is 13.0 Å². The standard InChI is InChI=1S/C13H12FNO3/c1-8-4-5-18-12(8)7-15-9-2-3-11(14)10(6-9)13(16)17/h2-6,15H,7H2,1H3,(H,16,17). The fourth-order valence-corrected chi connectivity index (χ4v) is 1.57. The molecule has 1 aromatic carbocycles. The van der Waals surface area contributed by atoms with Gasteiger partial charge in [0.25, 0.3) is 0 Å². The number of rotatable bonds is 4. The maximum atomic E-state index is 13.2. The Kier molecular flexibility index (Phi) is 3.32. The van der Waals surface area contributed by atoms with Crippen LogP contribution in [0.2, 0.25) is 0 Å². The number of aromatic carboxylic acids is 1. The summed E-state index contributed by atoms with van der Waals surface area (Å²) < 4.78 is 18.4. The molecule has 0 atom stereocenters. The number of furan rings is 1. The normalized spacial score (nSPS) is 10.3. The monoisotopic (exact) mass is 249 g/mol. The first-order valence-corrected chi connectivity index (χ1v) is 5.37. The molecule has 0 aliphatic carbocycles. The number of aryl methyl sites for hydroxylation is 1. The van der Waals surface area contributed by atoms with Gasteiger partial charge < -0.3 is 14.8 Å². The van der Waals surface area contributed by atoms with Crippen molar-refractivity contribution in [3.05, 3.63) is 53.2 Å². The molecule has 1 aromatic heterocycles. The molecule has 0 radical (unpaired) electrons. The number of carboxylic acid groups (broad SMARTS) is 1. The van der Waals surface area contributed by atoms with Gasteiger partial charge in [-0.3, -0.25) is 0 Å². The van der Waals surface area contributed by atoms with Crippen LogP contribution in [0.4, 0.5) is 10.1 Å². The van der Waals surface area contributed by atoms with Gasteiger partial charge >= 0.3 is 5.97 Å². The van der Waals surface area contributed by atoms with Gasteiger partial charge in [0.15, 0.2) is 0 Å².